The first kappa shape index (κ1) is 17.1. The lowest BCUT2D eigenvalue weighted by Crippen LogP contribution is -2.24. The highest BCUT2D eigenvalue weighted by Crippen LogP contribution is 2.06. The van der Waals surface area contributed by atoms with Crippen LogP contribution in [0.1, 0.15) is 51.1 Å². The third-order valence-electron chi connectivity index (χ3n) is 3.26. The zero-order valence-corrected chi connectivity index (χ0v) is 12.8. The monoisotopic (exact) mass is 291 g/mol. The number of Topliss-reactive ketones (excluding diaryl/α,β-unsaturated/α-hetero) is 1. The van der Waals surface area contributed by atoms with E-state index in [1.807, 2.05) is 0 Å². The number of amides is 1. The Morgan fingerprint density at radius 3 is 2.67 bits per heavy atom. The van der Waals surface area contributed by atoms with Crippen molar-refractivity contribution in [3.8, 4) is 0 Å². The first-order valence-corrected chi connectivity index (χ1v) is 7.52. The number of nitrogens with zero attached hydrogens (tertiary/aromatic N) is 1. The second-order valence-electron chi connectivity index (χ2n) is 5.32. The highest BCUT2D eigenvalue weighted by atomic mass is 16.1. The van der Waals surface area contributed by atoms with E-state index in [-0.39, 0.29) is 5.91 Å². The van der Waals surface area contributed by atoms with Gasteiger partial charge in [-0.2, -0.15) is 0 Å². The summed E-state index contributed by atoms with van der Waals surface area (Å²) in [5.74, 6) is 0.227. The molecule has 0 aromatic carbocycles. The molecule has 0 spiro atoms. The summed E-state index contributed by atoms with van der Waals surface area (Å²) in [5.41, 5.74) is 1.61. The van der Waals surface area contributed by atoms with Gasteiger partial charge >= 0.3 is 0 Å². The van der Waals surface area contributed by atoms with Crippen LogP contribution in [0.4, 0.5) is 0 Å². The molecule has 0 aliphatic carbocycles. The van der Waals surface area contributed by atoms with E-state index >= 15 is 0 Å². The Bertz CT molecular complexity index is 452. The Morgan fingerprint density at radius 2 is 2.00 bits per heavy atom. The van der Waals surface area contributed by atoms with E-state index in [2.05, 4.69) is 21.9 Å². The summed E-state index contributed by atoms with van der Waals surface area (Å²) < 4.78 is 0. The Labute approximate surface area is 126 Å². The van der Waals surface area contributed by atoms with Gasteiger partial charge in [-0.05, 0) is 32.6 Å². The maximum atomic E-state index is 11.7. The number of carbonyl (C=O) groups is 2. The Kier molecular flexibility index (Phi) is 8.09. The normalized spacial score (nSPS) is 10.3. The fourth-order valence-corrected chi connectivity index (χ4v) is 2.00. The molecule has 1 aromatic heterocycles. The lowest BCUT2D eigenvalue weighted by Gasteiger charge is -2.04. The molecule has 0 unspecified atom stereocenters. The van der Waals surface area contributed by atoms with Gasteiger partial charge in [-0.1, -0.05) is 13.0 Å². The molecule has 1 amide bonds. The standard InChI is InChI=1S/C16H25N3O2/c1-13(2)16(21)18-10-5-3-4-8-15(20)9-6-7-14-11-17-12-19-14/h11-12H,1,3-10H2,2H3,(H,17,19)(H,18,21). The van der Waals surface area contributed by atoms with Gasteiger partial charge in [0, 0.05) is 36.9 Å². The third-order valence-corrected chi connectivity index (χ3v) is 3.26. The number of rotatable bonds is 11. The van der Waals surface area contributed by atoms with Crippen molar-refractivity contribution in [2.75, 3.05) is 6.54 Å². The maximum absolute atomic E-state index is 11.7. The number of hydrogen-bond donors (Lipinski definition) is 2. The average molecular weight is 291 g/mol. The number of nitrogens with one attached hydrogen (secondary N) is 2. The predicted octanol–water partition coefficient (Wildman–Crippen LogP) is 2.55. The van der Waals surface area contributed by atoms with E-state index in [9.17, 15) is 9.59 Å². The minimum Gasteiger partial charge on any atom is -0.352 e. The Hall–Kier alpha value is -1.91. The van der Waals surface area contributed by atoms with Gasteiger partial charge in [0.25, 0.3) is 0 Å². The van der Waals surface area contributed by atoms with E-state index in [1.54, 1.807) is 19.4 Å². The number of H-pyrrole nitrogens is 1. The van der Waals surface area contributed by atoms with Crippen molar-refractivity contribution in [1.82, 2.24) is 15.3 Å². The topological polar surface area (TPSA) is 74.8 Å². The minimum absolute atomic E-state index is 0.0927. The number of ketones is 1. The highest BCUT2D eigenvalue weighted by molar-refractivity contribution is 5.91. The summed E-state index contributed by atoms with van der Waals surface area (Å²) in [5, 5.41) is 2.79. The van der Waals surface area contributed by atoms with Crippen LogP contribution in [0.2, 0.25) is 0 Å². The van der Waals surface area contributed by atoms with E-state index in [0.717, 1.165) is 37.8 Å². The summed E-state index contributed by atoms with van der Waals surface area (Å²) in [7, 11) is 0. The van der Waals surface area contributed by atoms with Crippen LogP contribution in [0.3, 0.4) is 0 Å². The first-order chi connectivity index (χ1) is 10.1. The van der Waals surface area contributed by atoms with Crippen LogP contribution in [0.5, 0.6) is 0 Å². The molecule has 0 saturated carbocycles. The molecule has 1 aromatic rings. The zero-order chi connectivity index (χ0) is 15.5. The molecule has 0 saturated heterocycles. The van der Waals surface area contributed by atoms with Crippen LogP contribution in [0.25, 0.3) is 0 Å². The molecule has 0 bridgehead atoms. The Morgan fingerprint density at radius 1 is 1.24 bits per heavy atom. The van der Waals surface area contributed by atoms with Gasteiger partial charge in [0.2, 0.25) is 5.91 Å². The molecular formula is C16H25N3O2. The van der Waals surface area contributed by atoms with Crippen LogP contribution >= 0.6 is 0 Å². The molecule has 0 radical (unpaired) electrons. The van der Waals surface area contributed by atoms with Crippen molar-refractivity contribution in [3.05, 3.63) is 30.4 Å². The fraction of sp³-hybridized carbons (Fsp3) is 0.562. The van der Waals surface area contributed by atoms with E-state index in [0.29, 0.717) is 30.7 Å². The second kappa shape index (κ2) is 9.91. The number of aromatic amines is 1. The van der Waals surface area contributed by atoms with Gasteiger partial charge in [-0.25, -0.2) is 4.98 Å². The molecule has 2 N–H and O–H groups in total. The van der Waals surface area contributed by atoms with Gasteiger partial charge in [0.05, 0.1) is 6.33 Å². The molecule has 1 rings (SSSR count). The number of aromatic nitrogens is 2. The SMILES string of the molecule is C=C(C)C(=O)NCCCCCC(=O)CCCc1cnc[nH]1. The number of unbranched alkanes of at least 4 members (excludes halogenated alkanes) is 2. The molecule has 1 heterocycles. The lowest BCUT2D eigenvalue weighted by molar-refractivity contribution is -0.119. The molecule has 0 atom stereocenters. The summed E-state index contributed by atoms with van der Waals surface area (Å²) >= 11 is 0. The summed E-state index contributed by atoms with van der Waals surface area (Å²) in [4.78, 5) is 29.9. The minimum atomic E-state index is -0.0927. The van der Waals surface area contributed by atoms with Crippen LogP contribution in [-0.4, -0.2) is 28.2 Å². The van der Waals surface area contributed by atoms with Gasteiger partial charge in [-0.3, -0.25) is 9.59 Å². The summed E-state index contributed by atoms with van der Waals surface area (Å²) in [6, 6.07) is 0. The van der Waals surface area contributed by atoms with E-state index < -0.39 is 0 Å². The molecule has 5 nitrogen and oxygen atoms in total. The highest BCUT2D eigenvalue weighted by Gasteiger charge is 2.03. The molecule has 0 fully saturated rings. The summed E-state index contributed by atoms with van der Waals surface area (Å²) in [6.07, 6.45) is 9.22. The van der Waals surface area contributed by atoms with Crippen LogP contribution < -0.4 is 5.32 Å². The van der Waals surface area contributed by atoms with Crippen molar-refractivity contribution in [1.29, 1.82) is 0 Å². The van der Waals surface area contributed by atoms with E-state index in [4.69, 9.17) is 0 Å². The van der Waals surface area contributed by atoms with Gasteiger partial charge in [0.1, 0.15) is 5.78 Å². The van der Waals surface area contributed by atoms with Crippen molar-refractivity contribution < 1.29 is 9.59 Å². The van der Waals surface area contributed by atoms with Crippen LogP contribution in [-0.2, 0) is 16.0 Å². The molecule has 116 valence electrons. The smallest absolute Gasteiger partial charge is 0.246 e. The number of carbonyl (C=O) groups excluding carboxylic acids is 2. The molecule has 0 aliphatic heterocycles. The third kappa shape index (κ3) is 8.07. The quantitative estimate of drug-likeness (QED) is 0.486. The number of imidazole rings is 1. The first-order valence-electron chi connectivity index (χ1n) is 7.52. The van der Waals surface area contributed by atoms with Crippen molar-refractivity contribution in [3.63, 3.8) is 0 Å². The summed E-state index contributed by atoms with van der Waals surface area (Å²) in [6.45, 7) is 5.92. The van der Waals surface area contributed by atoms with Crippen LogP contribution in [0.15, 0.2) is 24.7 Å². The second-order valence-corrected chi connectivity index (χ2v) is 5.32. The maximum Gasteiger partial charge on any atom is 0.246 e. The van der Waals surface area contributed by atoms with Gasteiger partial charge in [-0.15, -0.1) is 0 Å². The molecule has 5 heteroatoms. The largest absolute Gasteiger partial charge is 0.352 e. The lowest BCUT2D eigenvalue weighted by atomic mass is 10.1. The number of hydrogen-bond acceptors (Lipinski definition) is 3. The molecule has 21 heavy (non-hydrogen) atoms. The fourth-order valence-electron chi connectivity index (χ4n) is 2.00. The Balaban J connectivity index is 1.93. The zero-order valence-electron chi connectivity index (χ0n) is 12.8. The van der Waals surface area contributed by atoms with Crippen molar-refractivity contribution >= 4 is 11.7 Å². The molecular weight excluding hydrogens is 266 g/mol. The average Bonchev–Trinajstić information content (AvgIpc) is 2.95. The van der Waals surface area contributed by atoms with Crippen molar-refractivity contribution in [2.45, 2.75) is 51.9 Å². The van der Waals surface area contributed by atoms with E-state index in [1.165, 1.54) is 0 Å². The number of aryl methyl sites for hydroxylation is 1. The van der Waals surface area contributed by atoms with Gasteiger partial charge < -0.3 is 10.3 Å². The van der Waals surface area contributed by atoms with Crippen LogP contribution in [0, 0.1) is 0 Å². The predicted molar refractivity (Wildman–Crippen MR) is 82.8 cm³/mol. The molecule has 0 aliphatic rings. The van der Waals surface area contributed by atoms with Crippen molar-refractivity contribution in [2.24, 2.45) is 0 Å². The van der Waals surface area contributed by atoms with Gasteiger partial charge in [0.15, 0.2) is 0 Å².